The lowest BCUT2D eigenvalue weighted by Crippen LogP contribution is -2.34. The van der Waals surface area contributed by atoms with Gasteiger partial charge in [0.15, 0.2) is 0 Å². The molecule has 4 heteroatoms. The SMILES string of the molecule is CC(C)(C)OC(=O)NC[C@@H]1CC[C@@H](CO)C1. The minimum absolute atomic E-state index is 0.267. The highest BCUT2D eigenvalue weighted by Gasteiger charge is 2.25. The summed E-state index contributed by atoms with van der Waals surface area (Å²) in [5.74, 6) is 0.912. The first kappa shape index (κ1) is 13.3. The number of nitrogens with one attached hydrogen (secondary N) is 1. The number of carbonyl (C=O) groups excluding carboxylic acids is 1. The number of carbonyl (C=O) groups is 1. The van der Waals surface area contributed by atoms with Gasteiger partial charge in [-0.3, -0.25) is 0 Å². The van der Waals surface area contributed by atoms with Crippen molar-refractivity contribution in [2.45, 2.75) is 45.6 Å². The Morgan fingerprint density at radius 2 is 2.00 bits per heavy atom. The molecule has 1 amide bonds. The van der Waals surface area contributed by atoms with Crippen LogP contribution >= 0.6 is 0 Å². The number of aliphatic hydroxyl groups excluding tert-OH is 1. The summed E-state index contributed by atoms with van der Waals surface area (Å²) in [7, 11) is 0. The molecule has 94 valence electrons. The van der Waals surface area contributed by atoms with Gasteiger partial charge >= 0.3 is 6.09 Å². The van der Waals surface area contributed by atoms with E-state index in [-0.39, 0.29) is 12.7 Å². The standard InChI is InChI=1S/C12H23NO3/c1-12(2,3)16-11(15)13-7-9-4-5-10(6-9)8-14/h9-10,14H,4-8H2,1-3H3,(H,13,15)/t9-,10-/m1/s1. The smallest absolute Gasteiger partial charge is 0.407 e. The Morgan fingerprint density at radius 1 is 1.38 bits per heavy atom. The van der Waals surface area contributed by atoms with Gasteiger partial charge in [-0.2, -0.15) is 0 Å². The van der Waals surface area contributed by atoms with E-state index in [2.05, 4.69) is 5.32 Å². The zero-order chi connectivity index (χ0) is 12.2. The largest absolute Gasteiger partial charge is 0.444 e. The predicted octanol–water partition coefficient (Wildman–Crippen LogP) is 1.92. The van der Waals surface area contributed by atoms with E-state index in [9.17, 15) is 4.79 Å². The van der Waals surface area contributed by atoms with Crippen molar-refractivity contribution in [3.63, 3.8) is 0 Å². The van der Waals surface area contributed by atoms with Crippen LogP contribution in [0.15, 0.2) is 0 Å². The second kappa shape index (κ2) is 5.53. The van der Waals surface area contributed by atoms with Crippen LogP contribution in [-0.4, -0.2) is 30.0 Å². The monoisotopic (exact) mass is 229 g/mol. The molecule has 1 aliphatic carbocycles. The number of ether oxygens (including phenoxy) is 1. The molecular formula is C12H23NO3. The third-order valence-electron chi connectivity index (χ3n) is 2.84. The molecule has 1 aliphatic rings. The molecule has 1 rings (SSSR count). The molecule has 0 unspecified atom stereocenters. The van der Waals surface area contributed by atoms with Crippen LogP contribution in [-0.2, 0) is 4.74 Å². The fourth-order valence-corrected chi connectivity index (χ4v) is 2.07. The molecule has 0 bridgehead atoms. The summed E-state index contributed by atoms with van der Waals surface area (Å²) in [5.41, 5.74) is -0.437. The van der Waals surface area contributed by atoms with Crippen LogP contribution in [0.1, 0.15) is 40.0 Å². The van der Waals surface area contributed by atoms with Crippen molar-refractivity contribution in [3.05, 3.63) is 0 Å². The Morgan fingerprint density at radius 3 is 2.50 bits per heavy atom. The van der Waals surface area contributed by atoms with E-state index in [1.54, 1.807) is 0 Å². The van der Waals surface area contributed by atoms with Crippen LogP contribution in [0.3, 0.4) is 0 Å². The average molecular weight is 229 g/mol. The topological polar surface area (TPSA) is 58.6 Å². The highest BCUT2D eigenvalue weighted by Crippen LogP contribution is 2.29. The van der Waals surface area contributed by atoms with E-state index >= 15 is 0 Å². The summed E-state index contributed by atoms with van der Waals surface area (Å²) in [6.45, 7) is 6.48. The summed E-state index contributed by atoms with van der Waals surface area (Å²) in [5, 5.41) is 11.8. The molecule has 2 atom stereocenters. The lowest BCUT2D eigenvalue weighted by Gasteiger charge is -2.20. The van der Waals surface area contributed by atoms with Gasteiger partial charge in [-0.25, -0.2) is 4.79 Å². The van der Waals surface area contributed by atoms with Crippen molar-refractivity contribution in [2.75, 3.05) is 13.2 Å². The Balaban J connectivity index is 2.18. The number of rotatable bonds is 3. The second-order valence-corrected chi connectivity index (χ2v) is 5.61. The van der Waals surface area contributed by atoms with E-state index in [0.717, 1.165) is 19.3 Å². The Labute approximate surface area is 97.4 Å². The van der Waals surface area contributed by atoms with Crippen LogP contribution in [0.5, 0.6) is 0 Å². The lowest BCUT2D eigenvalue weighted by molar-refractivity contribution is 0.0519. The van der Waals surface area contributed by atoms with Crippen LogP contribution in [0.4, 0.5) is 4.79 Å². The van der Waals surface area contributed by atoms with Gasteiger partial charge in [0.2, 0.25) is 0 Å². The molecular weight excluding hydrogens is 206 g/mol. The third-order valence-corrected chi connectivity index (χ3v) is 2.84. The summed E-state index contributed by atoms with van der Waals surface area (Å²) in [6.07, 6.45) is 2.81. The molecule has 2 N–H and O–H groups in total. The van der Waals surface area contributed by atoms with Crippen molar-refractivity contribution in [3.8, 4) is 0 Å². The molecule has 0 heterocycles. The van der Waals surface area contributed by atoms with Gasteiger partial charge in [-0.15, -0.1) is 0 Å². The molecule has 0 saturated heterocycles. The number of amides is 1. The molecule has 16 heavy (non-hydrogen) atoms. The molecule has 0 aromatic carbocycles. The first-order valence-electron chi connectivity index (χ1n) is 5.98. The minimum atomic E-state index is -0.437. The van der Waals surface area contributed by atoms with Gasteiger partial charge in [0.25, 0.3) is 0 Å². The molecule has 1 fully saturated rings. The fourth-order valence-electron chi connectivity index (χ4n) is 2.07. The van der Waals surface area contributed by atoms with Gasteiger partial charge < -0.3 is 15.2 Å². The second-order valence-electron chi connectivity index (χ2n) is 5.61. The van der Waals surface area contributed by atoms with Gasteiger partial charge in [-0.1, -0.05) is 0 Å². The Bertz CT molecular complexity index is 235. The predicted molar refractivity (Wildman–Crippen MR) is 62.2 cm³/mol. The summed E-state index contributed by atoms with van der Waals surface area (Å²) < 4.78 is 5.15. The van der Waals surface area contributed by atoms with Gasteiger partial charge in [0, 0.05) is 13.2 Å². The van der Waals surface area contributed by atoms with E-state index in [0.29, 0.717) is 18.4 Å². The van der Waals surface area contributed by atoms with Crippen LogP contribution in [0, 0.1) is 11.8 Å². The quantitative estimate of drug-likeness (QED) is 0.777. The van der Waals surface area contributed by atoms with Gasteiger partial charge in [-0.05, 0) is 51.9 Å². The molecule has 0 spiro atoms. The fraction of sp³-hybridized carbons (Fsp3) is 0.917. The number of hydrogen-bond donors (Lipinski definition) is 2. The first-order valence-corrected chi connectivity index (χ1v) is 5.98. The average Bonchev–Trinajstić information content (AvgIpc) is 2.59. The number of aliphatic hydroxyl groups is 1. The van der Waals surface area contributed by atoms with Crippen LogP contribution < -0.4 is 5.32 Å². The molecule has 0 radical (unpaired) electrons. The van der Waals surface area contributed by atoms with E-state index in [4.69, 9.17) is 9.84 Å². The maximum Gasteiger partial charge on any atom is 0.407 e. The van der Waals surface area contributed by atoms with E-state index in [1.165, 1.54) is 0 Å². The van der Waals surface area contributed by atoms with Crippen molar-refractivity contribution >= 4 is 6.09 Å². The molecule has 0 aliphatic heterocycles. The molecule has 1 saturated carbocycles. The molecule has 4 nitrogen and oxygen atoms in total. The van der Waals surface area contributed by atoms with E-state index in [1.807, 2.05) is 20.8 Å². The van der Waals surface area contributed by atoms with Crippen LogP contribution in [0.25, 0.3) is 0 Å². The van der Waals surface area contributed by atoms with Gasteiger partial charge in [0.05, 0.1) is 0 Å². The van der Waals surface area contributed by atoms with Crippen molar-refractivity contribution in [1.29, 1.82) is 0 Å². The molecule has 0 aromatic rings. The zero-order valence-electron chi connectivity index (χ0n) is 10.5. The summed E-state index contributed by atoms with van der Waals surface area (Å²) in [4.78, 5) is 11.4. The zero-order valence-corrected chi connectivity index (χ0v) is 10.5. The highest BCUT2D eigenvalue weighted by molar-refractivity contribution is 5.67. The Hall–Kier alpha value is -0.770. The van der Waals surface area contributed by atoms with E-state index < -0.39 is 5.60 Å². The highest BCUT2D eigenvalue weighted by atomic mass is 16.6. The summed E-state index contributed by atoms with van der Waals surface area (Å²) >= 11 is 0. The normalized spacial score (nSPS) is 25.5. The van der Waals surface area contributed by atoms with Crippen LogP contribution in [0.2, 0.25) is 0 Å². The maximum absolute atomic E-state index is 11.4. The number of hydrogen-bond acceptors (Lipinski definition) is 3. The van der Waals surface area contributed by atoms with Crippen molar-refractivity contribution in [2.24, 2.45) is 11.8 Å². The first-order chi connectivity index (χ1) is 7.40. The van der Waals surface area contributed by atoms with Crippen molar-refractivity contribution in [1.82, 2.24) is 5.32 Å². The summed E-state index contributed by atoms with van der Waals surface area (Å²) in [6, 6.07) is 0. The third kappa shape index (κ3) is 4.84. The maximum atomic E-state index is 11.4. The number of alkyl carbamates (subject to hydrolysis) is 1. The molecule has 0 aromatic heterocycles. The van der Waals surface area contributed by atoms with Crippen molar-refractivity contribution < 1.29 is 14.6 Å². The Kier molecular flexibility index (Phi) is 4.59. The minimum Gasteiger partial charge on any atom is -0.444 e. The van der Waals surface area contributed by atoms with Gasteiger partial charge in [0.1, 0.15) is 5.60 Å². The lowest BCUT2D eigenvalue weighted by atomic mass is 10.1.